The minimum absolute atomic E-state index is 0.709. The molecule has 0 aromatic carbocycles. The number of nitrogens with zero attached hydrogens (tertiary/aromatic N) is 3. The second-order valence-electron chi connectivity index (χ2n) is 5.89. The third-order valence-electron chi connectivity index (χ3n) is 4.44. The van der Waals surface area contributed by atoms with Gasteiger partial charge in [0.15, 0.2) is 0 Å². The lowest BCUT2D eigenvalue weighted by atomic mass is 9.97. The van der Waals surface area contributed by atoms with E-state index >= 15 is 0 Å². The molecule has 0 radical (unpaired) electrons. The van der Waals surface area contributed by atoms with E-state index in [1.807, 2.05) is 17.9 Å². The Balaban J connectivity index is 1.51. The predicted molar refractivity (Wildman–Crippen MR) is 72.6 cm³/mol. The highest BCUT2D eigenvalue weighted by Crippen LogP contribution is 2.28. The molecule has 1 atom stereocenters. The Kier molecular flexibility index (Phi) is 3.66. The maximum absolute atomic E-state index is 4.29. The van der Waals surface area contributed by atoms with Gasteiger partial charge in [-0.3, -0.25) is 4.68 Å². The Morgan fingerprint density at radius 3 is 2.89 bits per heavy atom. The number of likely N-dealkylation sites (tertiary alicyclic amines) is 1. The van der Waals surface area contributed by atoms with E-state index in [9.17, 15) is 0 Å². The van der Waals surface area contributed by atoms with Gasteiger partial charge >= 0.3 is 0 Å². The van der Waals surface area contributed by atoms with Gasteiger partial charge in [0.05, 0.1) is 6.20 Å². The van der Waals surface area contributed by atoms with Crippen LogP contribution >= 0.6 is 0 Å². The summed E-state index contributed by atoms with van der Waals surface area (Å²) >= 11 is 0. The average molecular weight is 248 g/mol. The smallest absolute Gasteiger partial charge is 0.0524 e. The lowest BCUT2D eigenvalue weighted by Gasteiger charge is -2.27. The van der Waals surface area contributed by atoms with E-state index in [0.717, 1.165) is 5.92 Å². The summed E-state index contributed by atoms with van der Waals surface area (Å²) in [6.45, 7) is 6.23. The highest BCUT2D eigenvalue weighted by Gasteiger charge is 2.26. The Labute approximate surface area is 109 Å². The fourth-order valence-corrected chi connectivity index (χ4v) is 3.35. The summed E-state index contributed by atoms with van der Waals surface area (Å²) in [5, 5.41) is 7.74. The fraction of sp³-hybridized carbons (Fsp3) is 0.786. The van der Waals surface area contributed by atoms with Crippen LogP contribution in [0.4, 0.5) is 0 Å². The molecule has 3 heterocycles. The third-order valence-corrected chi connectivity index (χ3v) is 4.44. The van der Waals surface area contributed by atoms with Gasteiger partial charge in [0.2, 0.25) is 0 Å². The van der Waals surface area contributed by atoms with E-state index < -0.39 is 0 Å². The summed E-state index contributed by atoms with van der Waals surface area (Å²) in [4.78, 5) is 2.66. The molecule has 4 nitrogen and oxygen atoms in total. The first-order valence-corrected chi connectivity index (χ1v) is 7.23. The second kappa shape index (κ2) is 5.41. The van der Waals surface area contributed by atoms with Crippen LogP contribution in [0.1, 0.15) is 30.7 Å². The average Bonchev–Trinajstić information content (AvgIpc) is 2.99. The summed E-state index contributed by atoms with van der Waals surface area (Å²) in [5.41, 5.74) is 1.42. The van der Waals surface area contributed by atoms with E-state index in [-0.39, 0.29) is 0 Å². The molecule has 1 aromatic rings. The molecule has 0 aliphatic carbocycles. The van der Waals surface area contributed by atoms with Crippen molar-refractivity contribution in [3.8, 4) is 0 Å². The Hall–Kier alpha value is -0.870. The normalized spacial score (nSPS) is 26.8. The molecule has 1 aromatic heterocycles. The monoisotopic (exact) mass is 248 g/mol. The molecule has 2 aliphatic heterocycles. The molecule has 0 bridgehead atoms. The van der Waals surface area contributed by atoms with Crippen LogP contribution in [0.5, 0.6) is 0 Å². The van der Waals surface area contributed by atoms with E-state index in [4.69, 9.17) is 0 Å². The maximum Gasteiger partial charge on any atom is 0.0524 e. The van der Waals surface area contributed by atoms with Gasteiger partial charge < -0.3 is 10.2 Å². The standard InChI is InChI=1S/C14H24N4/c1-17-10-14(8-16-17)13-4-7-18(11-13)9-12-2-5-15-6-3-12/h8,10,12-13,15H,2-7,9,11H2,1H3. The molecule has 0 amide bonds. The van der Waals surface area contributed by atoms with Gasteiger partial charge in [-0.25, -0.2) is 0 Å². The molecule has 1 unspecified atom stereocenters. The van der Waals surface area contributed by atoms with Crippen molar-refractivity contribution >= 4 is 0 Å². The van der Waals surface area contributed by atoms with Crippen molar-refractivity contribution in [1.82, 2.24) is 20.0 Å². The first-order chi connectivity index (χ1) is 8.81. The zero-order chi connectivity index (χ0) is 12.4. The van der Waals surface area contributed by atoms with Crippen LogP contribution in [-0.4, -0.2) is 47.4 Å². The number of nitrogens with one attached hydrogen (secondary N) is 1. The molecule has 4 heteroatoms. The summed E-state index contributed by atoms with van der Waals surface area (Å²) in [5.74, 6) is 1.62. The van der Waals surface area contributed by atoms with Gasteiger partial charge in [-0.15, -0.1) is 0 Å². The van der Waals surface area contributed by atoms with Crippen molar-refractivity contribution in [1.29, 1.82) is 0 Å². The molecule has 2 fully saturated rings. The second-order valence-corrected chi connectivity index (χ2v) is 5.89. The number of hydrogen-bond donors (Lipinski definition) is 1. The predicted octanol–water partition coefficient (Wildman–Crippen LogP) is 1.21. The number of aryl methyl sites for hydroxylation is 1. The Bertz CT molecular complexity index is 381. The van der Waals surface area contributed by atoms with Crippen LogP contribution in [-0.2, 0) is 7.05 Å². The number of aromatic nitrogens is 2. The molecule has 18 heavy (non-hydrogen) atoms. The van der Waals surface area contributed by atoms with Crippen LogP contribution in [0.25, 0.3) is 0 Å². The molecule has 100 valence electrons. The zero-order valence-electron chi connectivity index (χ0n) is 11.3. The SMILES string of the molecule is Cn1cc(C2CCN(CC3CCNCC3)C2)cn1. The largest absolute Gasteiger partial charge is 0.317 e. The van der Waals surface area contributed by atoms with Gasteiger partial charge in [0, 0.05) is 32.3 Å². The maximum atomic E-state index is 4.29. The van der Waals surface area contributed by atoms with E-state index in [1.54, 1.807) is 0 Å². The summed E-state index contributed by atoms with van der Waals surface area (Å²) in [6.07, 6.45) is 8.23. The molecule has 0 saturated carbocycles. The van der Waals surface area contributed by atoms with Crippen LogP contribution in [0.3, 0.4) is 0 Å². The van der Waals surface area contributed by atoms with Gasteiger partial charge in [-0.05, 0) is 50.4 Å². The van der Waals surface area contributed by atoms with Gasteiger partial charge in [-0.2, -0.15) is 5.10 Å². The van der Waals surface area contributed by atoms with Gasteiger partial charge in [0.1, 0.15) is 0 Å². The Morgan fingerprint density at radius 1 is 1.33 bits per heavy atom. The molecule has 0 spiro atoms. The van der Waals surface area contributed by atoms with Gasteiger partial charge in [-0.1, -0.05) is 0 Å². The first kappa shape index (κ1) is 12.2. The van der Waals surface area contributed by atoms with E-state index in [0.29, 0.717) is 5.92 Å². The van der Waals surface area contributed by atoms with Crippen molar-refractivity contribution in [2.45, 2.75) is 25.2 Å². The van der Waals surface area contributed by atoms with Crippen molar-refractivity contribution in [2.24, 2.45) is 13.0 Å². The number of hydrogen-bond acceptors (Lipinski definition) is 3. The number of piperidine rings is 1. The van der Waals surface area contributed by atoms with Crippen LogP contribution in [0.2, 0.25) is 0 Å². The minimum Gasteiger partial charge on any atom is -0.317 e. The first-order valence-electron chi connectivity index (χ1n) is 7.23. The van der Waals surface area contributed by atoms with E-state index in [2.05, 4.69) is 21.5 Å². The molecular weight excluding hydrogens is 224 g/mol. The summed E-state index contributed by atoms with van der Waals surface area (Å²) in [7, 11) is 2.01. The van der Waals surface area contributed by atoms with Crippen molar-refractivity contribution in [3.63, 3.8) is 0 Å². The molecule has 2 saturated heterocycles. The van der Waals surface area contributed by atoms with Crippen molar-refractivity contribution < 1.29 is 0 Å². The molecule has 1 N–H and O–H groups in total. The third kappa shape index (κ3) is 2.75. The van der Waals surface area contributed by atoms with Crippen LogP contribution < -0.4 is 5.32 Å². The highest BCUT2D eigenvalue weighted by molar-refractivity contribution is 5.13. The lowest BCUT2D eigenvalue weighted by Crippen LogP contribution is -2.35. The van der Waals surface area contributed by atoms with E-state index in [1.165, 1.54) is 57.5 Å². The lowest BCUT2D eigenvalue weighted by molar-refractivity contribution is 0.239. The zero-order valence-corrected chi connectivity index (χ0v) is 11.3. The molecule has 2 aliphatic rings. The summed E-state index contributed by atoms with van der Waals surface area (Å²) < 4.78 is 1.92. The highest BCUT2D eigenvalue weighted by atomic mass is 15.2. The number of rotatable bonds is 3. The van der Waals surface area contributed by atoms with Crippen LogP contribution in [0.15, 0.2) is 12.4 Å². The Morgan fingerprint density at radius 2 is 2.17 bits per heavy atom. The molecular formula is C14H24N4. The fourth-order valence-electron chi connectivity index (χ4n) is 3.35. The quantitative estimate of drug-likeness (QED) is 0.873. The van der Waals surface area contributed by atoms with Crippen LogP contribution in [0, 0.1) is 5.92 Å². The van der Waals surface area contributed by atoms with Gasteiger partial charge in [0.25, 0.3) is 0 Å². The summed E-state index contributed by atoms with van der Waals surface area (Å²) in [6, 6.07) is 0. The minimum atomic E-state index is 0.709. The topological polar surface area (TPSA) is 33.1 Å². The van der Waals surface area contributed by atoms with Crippen molar-refractivity contribution in [2.75, 3.05) is 32.7 Å². The van der Waals surface area contributed by atoms with Crippen molar-refractivity contribution in [3.05, 3.63) is 18.0 Å². The molecule has 3 rings (SSSR count).